The van der Waals surface area contributed by atoms with Gasteiger partial charge in [0.05, 0.1) is 5.02 Å². The second kappa shape index (κ2) is 7.49. The number of rotatable bonds is 6. The third kappa shape index (κ3) is 6.36. The molecule has 1 aromatic carbocycles. The molecule has 1 unspecified atom stereocenters. The van der Waals surface area contributed by atoms with Crippen molar-refractivity contribution in [3.63, 3.8) is 0 Å². The SMILES string of the molecule is CC(C)(C)OC(=O)NC(CNCc1ccc(Cl)c(F)c1)C1CC1. The third-order valence-electron chi connectivity index (χ3n) is 3.57. The smallest absolute Gasteiger partial charge is 0.407 e. The third-order valence-corrected chi connectivity index (χ3v) is 3.88. The van der Waals surface area contributed by atoms with Gasteiger partial charge in [-0.05, 0) is 57.2 Å². The minimum absolute atomic E-state index is 0.0296. The van der Waals surface area contributed by atoms with Gasteiger partial charge >= 0.3 is 6.09 Å². The Labute approximate surface area is 141 Å². The van der Waals surface area contributed by atoms with Gasteiger partial charge in [-0.1, -0.05) is 17.7 Å². The molecule has 1 aromatic rings. The summed E-state index contributed by atoms with van der Waals surface area (Å²) < 4.78 is 18.7. The lowest BCUT2D eigenvalue weighted by Crippen LogP contribution is -2.45. The maximum absolute atomic E-state index is 13.4. The topological polar surface area (TPSA) is 50.4 Å². The van der Waals surface area contributed by atoms with Gasteiger partial charge in [-0.25, -0.2) is 9.18 Å². The van der Waals surface area contributed by atoms with Crippen LogP contribution in [0.3, 0.4) is 0 Å². The van der Waals surface area contributed by atoms with Gasteiger partial charge in [-0.2, -0.15) is 0 Å². The molecule has 1 fully saturated rings. The van der Waals surface area contributed by atoms with E-state index in [0.29, 0.717) is 19.0 Å². The summed E-state index contributed by atoms with van der Waals surface area (Å²) in [7, 11) is 0. The standard InChI is InChI=1S/C17H24ClFN2O2/c1-17(2,3)23-16(22)21-15(12-5-6-12)10-20-9-11-4-7-13(18)14(19)8-11/h4,7-8,12,15,20H,5-6,9-10H2,1-3H3,(H,21,22). The van der Waals surface area contributed by atoms with Gasteiger partial charge in [-0.3, -0.25) is 0 Å². The fourth-order valence-corrected chi connectivity index (χ4v) is 2.43. The average Bonchev–Trinajstić information content (AvgIpc) is 3.24. The lowest BCUT2D eigenvalue weighted by molar-refractivity contribution is 0.0497. The van der Waals surface area contributed by atoms with Crippen LogP contribution in [0.5, 0.6) is 0 Å². The number of carbonyl (C=O) groups is 1. The van der Waals surface area contributed by atoms with Crippen LogP contribution in [0.15, 0.2) is 18.2 Å². The monoisotopic (exact) mass is 342 g/mol. The van der Waals surface area contributed by atoms with E-state index in [9.17, 15) is 9.18 Å². The van der Waals surface area contributed by atoms with E-state index in [0.717, 1.165) is 18.4 Å². The Bertz CT molecular complexity index is 556. The minimum atomic E-state index is -0.507. The van der Waals surface area contributed by atoms with E-state index in [1.807, 2.05) is 20.8 Å². The summed E-state index contributed by atoms with van der Waals surface area (Å²) in [6, 6.07) is 4.78. The number of benzene rings is 1. The van der Waals surface area contributed by atoms with Crippen LogP contribution in [-0.2, 0) is 11.3 Å². The first-order valence-electron chi connectivity index (χ1n) is 7.89. The number of ether oxygens (including phenoxy) is 1. The highest BCUT2D eigenvalue weighted by molar-refractivity contribution is 6.30. The average molecular weight is 343 g/mol. The lowest BCUT2D eigenvalue weighted by atomic mass is 10.1. The van der Waals surface area contributed by atoms with Crippen LogP contribution in [0.1, 0.15) is 39.2 Å². The number of amides is 1. The molecule has 1 amide bonds. The molecule has 23 heavy (non-hydrogen) atoms. The highest BCUT2D eigenvalue weighted by Crippen LogP contribution is 2.32. The number of carbonyl (C=O) groups excluding carboxylic acids is 1. The van der Waals surface area contributed by atoms with Crippen molar-refractivity contribution in [1.29, 1.82) is 0 Å². The van der Waals surface area contributed by atoms with Gasteiger partial charge in [-0.15, -0.1) is 0 Å². The molecule has 1 aliphatic carbocycles. The summed E-state index contributed by atoms with van der Waals surface area (Å²) in [5.41, 5.74) is 0.311. The van der Waals surface area contributed by atoms with Crippen molar-refractivity contribution >= 4 is 17.7 Å². The number of halogens is 2. The maximum Gasteiger partial charge on any atom is 0.407 e. The van der Waals surface area contributed by atoms with E-state index >= 15 is 0 Å². The highest BCUT2D eigenvalue weighted by Gasteiger charge is 2.33. The van der Waals surface area contributed by atoms with Crippen molar-refractivity contribution in [2.45, 2.75) is 51.8 Å². The van der Waals surface area contributed by atoms with Gasteiger partial charge in [0.15, 0.2) is 0 Å². The van der Waals surface area contributed by atoms with E-state index in [1.54, 1.807) is 12.1 Å². The van der Waals surface area contributed by atoms with Crippen LogP contribution in [-0.4, -0.2) is 24.3 Å². The zero-order valence-electron chi connectivity index (χ0n) is 13.8. The Kier molecular flexibility index (Phi) is 5.87. The molecule has 4 nitrogen and oxygen atoms in total. The van der Waals surface area contributed by atoms with Crippen molar-refractivity contribution in [2.24, 2.45) is 5.92 Å². The summed E-state index contributed by atoms with van der Waals surface area (Å²) >= 11 is 5.67. The second-order valence-corrected chi connectivity index (χ2v) is 7.38. The van der Waals surface area contributed by atoms with Gasteiger partial charge in [0.1, 0.15) is 11.4 Å². The molecule has 1 atom stereocenters. The number of alkyl carbamates (subject to hydrolysis) is 1. The molecule has 1 saturated carbocycles. The summed E-state index contributed by atoms with van der Waals surface area (Å²) in [5, 5.41) is 6.30. The normalized spacial score (nSPS) is 16.0. The molecule has 0 saturated heterocycles. The molecule has 0 bridgehead atoms. The molecule has 2 rings (SSSR count). The van der Waals surface area contributed by atoms with Crippen LogP contribution in [0.25, 0.3) is 0 Å². The maximum atomic E-state index is 13.4. The Hall–Kier alpha value is -1.33. The molecular weight excluding hydrogens is 319 g/mol. The van der Waals surface area contributed by atoms with E-state index < -0.39 is 17.5 Å². The van der Waals surface area contributed by atoms with Crippen molar-refractivity contribution in [3.8, 4) is 0 Å². The lowest BCUT2D eigenvalue weighted by Gasteiger charge is -2.24. The molecule has 0 aromatic heterocycles. The molecule has 0 spiro atoms. The quantitative estimate of drug-likeness (QED) is 0.825. The largest absolute Gasteiger partial charge is 0.444 e. The zero-order valence-corrected chi connectivity index (χ0v) is 14.5. The molecule has 128 valence electrons. The fraction of sp³-hybridized carbons (Fsp3) is 0.588. The summed E-state index contributed by atoms with van der Waals surface area (Å²) in [6.07, 6.45) is 1.82. The predicted molar refractivity (Wildman–Crippen MR) is 89.0 cm³/mol. The van der Waals surface area contributed by atoms with Gasteiger partial charge in [0, 0.05) is 19.1 Å². The first-order chi connectivity index (χ1) is 10.7. The minimum Gasteiger partial charge on any atom is -0.444 e. The van der Waals surface area contributed by atoms with Crippen molar-refractivity contribution in [3.05, 3.63) is 34.6 Å². The van der Waals surface area contributed by atoms with Crippen molar-refractivity contribution in [2.75, 3.05) is 6.54 Å². The van der Waals surface area contributed by atoms with Crippen molar-refractivity contribution < 1.29 is 13.9 Å². The molecule has 1 aliphatic rings. The first kappa shape index (κ1) is 18.0. The predicted octanol–water partition coefficient (Wildman–Crippen LogP) is 3.87. The highest BCUT2D eigenvalue weighted by atomic mass is 35.5. The van der Waals surface area contributed by atoms with E-state index in [-0.39, 0.29) is 11.1 Å². The molecular formula is C17H24ClFN2O2. The van der Waals surface area contributed by atoms with Gasteiger partial charge in [0.2, 0.25) is 0 Å². The number of hydrogen-bond donors (Lipinski definition) is 2. The number of hydrogen-bond acceptors (Lipinski definition) is 3. The fourth-order valence-electron chi connectivity index (χ4n) is 2.31. The molecule has 2 N–H and O–H groups in total. The van der Waals surface area contributed by atoms with E-state index in [4.69, 9.17) is 16.3 Å². The first-order valence-corrected chi connectivity index (χ1v) is 8.26. The number of nitrogens with one attached hydrogen (secondary N) is 2. The zero-order chi connectivity index (χ0) is 17.0. The van der Waals surface area contributed by atoms with Crippen LogP contribution < -0.4 is 10.6 Å². The van der Waals surface area contributed by atoms with Gasteiger partial charge < -0.3 is 15.4 Å². The van der Waals surface area contributed by atoms with E-state index in [2.05, 4.69) is 10.6 Å². The molecule has 0 aliphatic heterocycles. The Morgan fingerprint density at radius 1 is 1.43 bits per heavy atom. The van der Waals surface area contributed by atoms with Crippen molar-refractivity contribution in [1.82, 2.24) is 10.6 Å². The molecule has 6 heteroatoms. The summed E-state index contributed by atoms with van der Waals surface area (Å²) in [6.45, 7) is 6.66. The Morgan fingerprint density at radius 3 is 2.70 bits per heavy atom. The Balaban J connectivity index is 1.81. The molecule has 0 heterocycles. The molecule has 0 radical (unpaired) electrons. The summed E-state index contributed by atoms with van der Waals surface area (Å²) in [5.74, 6) is 0.0635. The van der Waals surface area contributed by atoms with Crippen LogP contribution in [0.2, 0.25) is 5.02 Å². The van der Waals surface area contributed by atoms with Crippen LogP contribution in [0.4, 0.5) is 9.18 Å². The van der Waals surface area contributed by atoms with Gasteiger partial charge in [0.25, 0.3) is 0 Å². The van der Waals surface area contributed by atoms with Crippen LogP contribution >= 0.6 is 11.6 Å². The van der Waals surface area contributed by atoms with Crippen LogP contribution in [0, 0.1) is 11.7 Å². The Morgan fingerprint density at radius 2 is 2.13 bits per heavy atom. The van der Waals surface area contributed by atoms with E-state index in [1.165, 1.54) is 6.07 Å². The summed E-state index contributed by atoms with van der Waals surface area (Å²) in [4.78, 5) is 11.9. The second-order valence-electron chi connectivity index (χ2n) is 6.97.